The summed E-state index contributed by atoms with van der Waals surface area (Å²) in [4.78, 5) is 61.2. The SMILES string of the molecule is Cc1cc(-c2cc(-n3c4cc(-c5nc(C)nc(C)n5)ccc4c4ccc(-c5nc(C)nc(C)n5)cc43)c(-n3c4cc(-c5nc(C)nc(C)n5)ccc4c4ccc(-c5nc(C)nc(C)n5)cc43)cc2C#N)cc(C)n1. The van der Waals surface area contributed by atoms with Gasteiger partial charge in [0.1, 0.15) is 46.6 Å². The Balaban J connectivity index is 1.27. The summed E-state index contributed by atoms with van der Waals surface area (Å²) in [6, 6.07) is 36.1. The second-order valence-electron chi connectivity index (χ2n) is 18.7. The van der Waals surface area contributed by atoms with E-state index in [1.807, 2.05) is 87.4 Å². The number of aromatic nitrogens is 15. The Hall–Kier alpha value is -9.62. The molecule has 0 spiro atoms. The first kappa shape index (κ1) is 45.5. The molecule has 358 valence electrons. The van der Waals surface area contributed by atoms with E-state index in [-0.39, 0.29) is 0 Å². The van der Waals surface area contributed by atoms with E-state index >= 15 is 0 Å². The first-order valence-electron chi connectivity index (χ1n) is 24.1. The zero-order valence-corrected chi connectivity index (χ0v) is 42.4. The van der Waals surface area contributed by atoms with E-state index < -0.39 is 0 Å². The topological polar surface area (TPSA) is 201 Å². The predicted octanol–water partition coefficient (Wildman–Crippen LogP) is 11.3. The monoisotopic (exact) mass is 966 g/mol. The van der Waals surface area contributed by atoms with Crippen LogP contribution in [-0.2, 0) is 0 Å². The molecule has 0 unspecified atom stereocenters. The molecule has 0 amide bonds. The van der Waals surface area contributed by atoms with Gasteiger partial charge in [-0.2, -0.15) is 5.26 Å². The molecular weight excluding hydrogens is 921 g/mol. The number of hydrogen-bond acceptors (Lipinski definition) is 14. The Morgan fingerprint density at radius 3 is 0.878 bits per heavy atom. The lowest BCUT2D eigenvalue weighted by atomic mass is 9.97. The summed E-state index contributed by atoms with van der Waals surface area (Å²) in [5, 5.41) is 15.3. The number of hydrogen-bond donors (Lipinski definition) is 0. The molecule has 0 saturated heterocycles. The van der Waals surface area contributed by atoms with Gasteiger partial charge in [-0.3, -0.25) is 4.98 Å². The minimum absolute atomic E-state index is 0.470. The van der Waals surface area contributed by atoms with Crippen molar-refractivity contribution in [1.82, 2.24) is 73.9 Å². The number of nitriles is 1. The number of nitrogens with zero attached hydrogens (tertiary/aromatic N) is 16. The lowest BCUT2D eigenvalue weighted by molar-refractivity contribution is 0.928. The highest BCUT2D eigenvalue weighted by molar-refractivity contribution is 6.13. The third-order valence-corrected chi connectivity index (χ3v) is 13.1. The molecule has 0 saturated carbocycles. The van der Waals surface area contributed by atoms with Gasteiger partial charge in [0.05, 0.1) is 45.1 Å². The lowest BCUT2D eigenvalue weighted by Crippen LogP contribution is -2.06. The minimum Gasteiger partial charge on any atom is -0.307 e. The van der Waals surface area contributed by atoms with Crippen molar-refractivity contribution < 1.29 is 0 Å². The molecule has 5 aromatic carbocycles. The van der Waals surface area contributed by atoms with Crippen molar-refractivity contribution in [2.75, 3.05) is 0 Å². The first-order chi connectivity index (χ1) is 35.6. The summed E-state index contributed by atoms with van der Waals surface area (Å²) >= 11 is 0. The van der Waals surface area contributed by atoms with Crippen molar-refractivity contribution >= 4 is 43.6 Å². The van der Waals surface area contributed by atoms with E-state index in [0.717, 1.165) is 99.8 Å². The van der Waals surface area contributed by atoms with Crippen LogP contribution in [0.15, 0.2) is 97.1 Å². The zero-order valence-electron chi connectivity index (χ0n) is 42.4. The Kier molecular flexibility index (Phi) is 10.6. The van der Waals surface area contributed by atoms with E-state index in [9.17, 15) is 5.26 Å². The fourth-order valence-electron chi connectivity index (χ4n) is 10.3. The van der Waals surface area contributed by atoms with Crippen molar-refractivity contribution in [2.45, 2.75) is 69.2 Å². The van der Waals surface area contributed by atoms with Crippen LogP contribution in [-0.4, -0.2) is 73.9 Å². The number of pyridine rings is 1. The van der Waals surface area contributed by atoms with Gasteiger partial charge in [0.2, 0.25) is 0 Å². The largest absolute Gasteiger partial charge is 0.307 e. The second kappa shape index (κ2) is 17.3. The molecule has 0 aliphatic rings. The molecule has 0 bridgehead atoms. The van der Waals surface area contributed by atoms with Crippen LogP contribution in [0.25, 0.3) is 112 Å². The van der Waals surface area contributed by atoms with Gasteiger partial charge >= 0.3 is 0 Å². The maximum atomic E-state index is 11.4. The van der Waals surface area contributed by atoms with E-state index in [1.165, 1.54) is 0 Å². The van der Waals surface area contributed by atoms with Crippen LogP contribution in [0.1, 0.15) is 63.5 Å². The molecule has 0 atom stereocenters. The first-order valence-corrected chi connectivity index (χ1v) is 24.1. The highest BCUT2D eigenvalue weighted by atomic mass is 15.1. The molecule has 12 aromatic rings. The second-order valence-corrected chi connectivity index (χ2v) is 18.7. The maximum Gasteiger partial charge on any atom is 0.163 e. The molecule has 7 heterocycles. The van der Waals surface area contributed by atoms with Crippen LogP contribution in [0, 0.1) is 80.6 Å². The molecule has 16 nitrogen and oxygen atoms in total. The summed E-state index contributed by atoms with van der Waals surface area (Å²) in [7, 11) is 0. The van der Waals surface area contributed by atoms with E-state index in [4.69, 9.17) is 44.9 Å². The predicted molar refractivity (Wildman–Crippen MR) is 286 cm³/mol. The van der Waals surface area contributed by atoms with Crippen molar-refractivity contribution in [3.05, 3.63) is 161 Å². The highest BCUT2D eigenvalue weighted by Crippen LogP contribution is 2.43. The molecule has 74 heavy (non-hydrogen) atoms. The number of fused-ring (bicyclic) bond motifs is 6. The highest BCUT2D eigenvalue weighted by Gasteiger charge is 2.25. The zero-order chi connectivity index (χ0) is 51.3. The standard InChI is InChI=1S/C58H46N16/c1-28-19-42(20-29(2)60-28)48-26-54(74-51-23-40(57-69-34(7)63-35(8)70-57)13-17-46(51)47-18-14-41(24-52(47)74)58-71-36(9)64-37(10)72-58)53(25-43(48)27-59)73-49-21-38(55-65-30(3)61-31(4)66-55)11-15-44(49)45-16-12-39(22-50(45)73)56-67-32(5)62-33(6)68-56/h11-26H,1-10H3. The minimum atomic E-state index is 0.470. The quantitative estimate of drug-likeness (QED) is 0.146. The van der Waals surface area contributed by atoms with Crippen LogP contribution >= 0.6 is 0 Å². The fourth-order valence-corrected chi connectivity index (χ4v) is 10.3. The average molecular weight is 967 g/mol. The van der Waals surface area contributed by atoms with Gasteiger partial charge in [-0.1, -0.05) is 48.5 Å². The van der Waals surface area contributed by atoms with Crippen LogP contribution in [0.5, 0.6) is 0 Å². The third kappa shape index (κ3) is 7.91. The molecule has 0 radical (unpaired) electrons. The fraction of sp³-hybridized carbons (Fsp3) is 0.172. The van der Waals surface area contributed by atoms with Crippen molar-refractivity contribution in [3.8, 4) is 74.1 Å². The lowest BCUT2D eigenvalue weighted by Gasteiger charge is -2.20. The molecule has 0 fully saturated rings. The van der Waals surface area contributed by atoms with Crippen LogP contribution in [0.3, 0.4) is 0 Å². The van der Waals surface area contributed by atoms with Crippen molar-refractivity contribution in [3.63, 3.8) is 0 Å². The summed E-state index contributed by atoms with van der Waals surface area (Å²) in [6.07, 6.45) is 0. The molecule has 12 rings (SSSR count). The van der Waals surface area contributed by atoms with Gasteiger partial charge in [-0.25, -0.2) is 59.8 Å². The molecule has 0 aliphatic heterocycles. The van der Waals surface area contributed by atoms with Gasteiger partial charge in [-0.05, 0) is 123 Å². The Morgan fingerprint density at radius 2 is 0.595 bits per heavy atom. The molecule has 7 aromatic heterocycles. The van der Waals surface area contributed by atoms with Gasteiger partial charge < -0.3 is 9.13 Å². The van der Waals surface area contributed by atoms with Crippen LogP contribution < -0.4 is 0 Å². The van der Waals surface area contributed by atoms with Crippen molar-refractivity contribution in [1.29, 1.82) is 5.26 Å². The van der Waals surface area contributed by atoms with E-state index in [2.05, 4.69) is 114 Å². The Morgan fingerprint density at radius 1 is 0.311 bits per heavy atom. The van der Waals surface area contributed by atoms with Gasteiger partial charge in [0.15, 0.2) is 23.3 Å². The maximum absolute atomic E-state index is 11.4. The van der Waals surface area contributed by atoms with E-state index in [1.54, 1.807) is 0 Å². The number of rotatable bonds is 7. The average Bonchev–Trinajstić information content (AvgIpc) is 3.87. The smallest absolute Gasteiger partial charge is 0.163 e. The van der Waals surface area contributed by atoms with Gasteiger partial charge in [0.25, 0.3) is 0 Å². The van der Waals surface area contributed by atoms with Crippen LogP contribution in [0.4, 0.5) is 0 Å². The molecule has 0 N–H and O–H groups in total. The molecule has 16 heteroatoms. The summed E-state index contributed by atoms with van der Waals surface area (Å²) < 4.78 is 4.52. The summed E-state index contributed by atoms with van der Waals surface area (Å²) in [6.45, 7) is 18.9. The van der Waals surface area contributed by atoms with E-state index in [0.29, 0.717) is 75.5 Å². The number of aryl methyl sites for hydroxylation is 10. The Labute approximate surface area is 425 Å². The summed E-state index contributed by atoms with van der Waals surface area (Å²) in [5.74, 6) is 7.19. The van der Waals surface area contributed by atoms with Gasteiger partial charge in [-0.15, -0.1) is 0 Å². The normalized spacial score (nSPS) is 11.6. The van der Waals surface area contributed by atoms with Crippen molar-refractivity contribution in [2.24, 2.45) is 0 Å². The van der Waals surface area contributed by atoms with Gasteiger partial charge in [0, 0.05) is 60.8 Å². The third-order valence-electron chi connectivity index (χ3n) is 13.1. The Bertz CT molecular complexity index is 4090. The summed E-state index contributed by atoms with van der Waals surface area (Å²) in [5.41, 5.74) is 11.9. The number of benzene rings is 5. The molecule has 0 aliphatic carbocycles. The van der Waals surface area contributed by atoms with Crippen LogP contribution in [0.2, 0.25) is 0 Å². The molecular formula is C58H46N16.